The molecule has 0 unspecified atom stereocenters. The molecule has 5 nitrogen and oxygen atoms in total. The van der Waals surface area contributed by atoms with Crippen molar-refractivity contribution in [3.63, 3.8) is 0 Å². The van der Waals surface area contributed by atoms with Gasteiger partial charge < -0.3 is 0 Å². The zero-order valence-electron chi connectivity index (χ0n) is 19.8. The fraction of sp³-hybridized carbons (Fsp3) is 0.0323. The normalized spacial score (nSPS) is 16.6. The van der Waals surface area contributed by atoms with E-state index in [2.05, 4.69) is 0 Å². The zero-order chi connectivity index (χ0) is 25.0. The first-order valence-corrected chi connectivity index (χ1v) is 13.6. The lowest BCUT2D eigenvalue weighted by Gasteiger charge is -2.47. The van der Waals surface area contributed by atoms with Gasteiger partial charge in [-0.2, -0.15) is 0 Å². The highest BCUT2D eigenvalue weighted by molar-refractivity contribution is 7.93. The van der Waals surface area contributed by atoms with Crippen molar-refractivity contribution < 1.29 is 8.42 Å². The lowest BCUT2D eigenvalue weighted by Crippen LogP contribution is -2.65. The van der Waals surface area contributed by atoms with E-state index in [4.69, 9.17) is 0 Å². The second kappa shape index (κ2) is 7.98. The molecule has 0 aliphatic carbocycles. The Kier molecular flexibility index (Phi) is 4.68. The van der Waals surface area contributed by atoms with Crippen molar-refractivity contribution in [2.24, 2.45) is 0 Å². The van der Waals surface area contributed by atoms with Crippen molar-refractivity contribution >= 4 is 44.0 Å². The number of sulfone groups is 1. The Hall–Kier alpha value is -4.55. The predicted octanol–water partition coefficient (Wildman–Crippen LogP) is 7.21. The van der Waals surface area contributed by atoms with E-state index < -0.39 is 15.0 Å². The Bertz CT molecular complexity index is 1580. The Morgan fingerprint density at radius 2 is 0.730 bits per heavy atom. The van der Waals surface area contributed by atoms with Gasteiger partial charge in [-0.15, -0.1) is 0 Å². The molecule has 180 valence electrons. The van der Waals surface area contributed by atoms with E-state index in [0.717, 1.165) is 28.4 Å². The van der Waals surface area contributed by atoms with Gasteiger partial charge >= 0.3 is 5.12 Å². The number of benzene rings is 5. The zero-order valence-corrected chi connectivity index (χ0v) is 20.7. The Morgan fingerprint density at radius 1 is 0.405 bits per heavy atom. The van der Waals surface area contributed by atoms with E-state index in [-0.39, 0.29) is 0 Å². The summed E-state index contributed by atoms with van der Waals surface area (Å²) in [6, 6.07) is 44.5. The maximum atomic E-state index is 15.1. The number of rotatable bonds is 3. The van der Waals surface area contributed by atoms with E-state index in [9.17, 15) is 0 Å². The molecule has 5 aromatic rings. The number of anilines is 6. The van der Waals surface area contributed by atoms with Crippen LogP contribution in [0.15, 0.2) is 144 Å². The van der Waals surface area contributed by atoms with E-state index in [0.29, 0.717) is 10.6 Å². The van der Waals surface area contributed by atoms with Gasteiger partial charge in [-0.25, -0.2) is 8.42 Å². The number of fused-ring (bicyclic) bond motifs is 2. The number of para-hydroxylation sites is 6. The predicted molar refractivity (Wildman–Crippen MR) is 149 cm³/mol. The summed E-state index contributed by atoms with van der Waals surface area (Å²) >= 11 is 0. The van der Waals surface area contributed by atoms with Gasteiger partial charge in [0.1, 0.15) is 0 Å². The van der Waals surface area contributed by atoms with E-state index in [1.807, 2.05) is 142 Å². The maximum absolute atomic E-state index is 15.1. The van der Waals surface area contributed by atoms with Gasteiger partial charge in [-0.3, -0.25) is 14.7 Å². The van der Waals surface area contributed by atoms with Crippen molar-refractivity contribution in [2.75, 3.05) is 14.7 Å². The summed E-state index contributed by atoms with van der Waals surface area (Å²) in [6.45, 7) is 0. The highest BCUT2D eigenvalue weighted by atomic mass is 32.2. The number of hydrogen-bond acceptors (Lipinski definition) is 5. The van der Waals surface area contributed by atoms with Crippen LogP contribution in [0.3, 0.4) is 0 Å². The highest BCUT2D eigenvalue weighted by Gasteiger charge is 2.69. The van der Waals surface area contributed by atoms with Crippen LogP contribution >= 0.6 is 0 Å². The molecule has 0 saturated heterocycles. The first kappa shape index (κ1) is 21.7. The molecule has 0 atom stereocenters. The molecular formula is C31H23N3O2S. The van der Waals surface area contributed by atoms with Gasteiger partial charge in [0.2, 0.25) is 9.84 Å². The molecule has 5 aromatic carbocycles. The molecule has 1 spiro atoms. The van der Waals surface area contributed by atoms with Crippen LogP contribution < -0.4 is 14.7 Å². The van der Waals surface area contributed by atoms with Crippen LogP contribution in [0.25, 0.3) is 0 Å². The molecular weight excluding hydrogens is 478 g/mol. The van der Waals surface area contributed by atoms with Gasteiger partial charge in [-0.1, -0.05) is 78.9 Å². The van der Waals surface area contributed by atoms with E-state index >= 15 is 8.42 Å². The minimum Gasteiger partial charge on any atom is -0.286 e. The average molecular weight is 502 g/mol. The van der Waals surface area contributed by atoms with Crippen molar-refractivity contribution in [1.29, 1.82) is 0 Å². The molecule has 0 saturated carbocycles. The molecule has 0 aromatic heterocycles. The molecule has 2 heterocycles. The van der Waals surface area contributed by atoms with Crippen LogP contribution in [0, 0.1) is 0 Å². The molecule has 7 rings (SSSR count). The maximum Gasteiger partial charge on any atom is 0.316 e. The minimum absolute atomic E-state index is 0.300. The van der Waals surface area contributed by atoms with Crippen LogP contribution in [0.1, 0.15) is 0 Å². The molecule has 0 bridgehead atoms. The van der Waals surface area contributed by atoms with Crippen LogP contribution in [0.2, 0.25) is 0 Å². The third-order valence-electron chi connectivity index (χ3n) is 7.04. The van der Waals surface area contributed by atoms with Crippen LogP contribution in [0.5, 0.6) is 0 Å². The first-order valence-electron chi connectivity index (χ1n) is 12.1. The van der Waals surface area contributed by atoms with Gasteiger partial charge in [0.05, 0.1) is 22.0 Å². The number of hydrogen-bond donors (Lipinski definition) is 0. The quantitative estimate of drug-likeness (QED) is 0.261. The lowest BCUT2D eigenvalue weighted by molar-refractivity contribution is 0.538. The molecule has 2 aliphatic heterocycles. The van der Waals surface area contributed by atoms with Crippen LogP contribution in [-0.4, -0.2) is 13.5 Å². The SMILES string of the molecule is O=S1(=O)c2ccccc2N(c2ccccc2)C12N(c1ccccc1)c1ccccc1N2c1ccccc1. The molecule has 0 radical (unpaired) electrons. The van der Waals surface area contributed by atoms with Crippen molar-refractivity contribution in [2.45, 2.75) is 10.0 Å². The Labute approximate surface area is 216 Å². The van der Waals surface area contributed by atoms with Gasteiger partial charge in [-0.05, 0) is 60.7 Å². The van der Waals surface area contributed by atoms with Gasteiger partial charge in [0.25, 0.3) is 0 Å². The van der Waals surface area contributed by atoms with Crippen molar-refractivity contribution in [1.82, 2.24) is 0 Å². The Morgan fingerprint density at radius 3 is 1.16 bits per heavy atom. The second-order valence-electron chi connectivity index (χ2n) is 9.05. The Balaban J connectivity index is 1.68. The summed E-state index contributed by atoms with van der Waals surface area (Å²) in [4.78, 5) is 6.21. The fourth-order valence-electron chi connectivity index (χ4n) is 5.64. The minimum atomic E-state index is -4.03. The average Bonchev–Trinajstić information content (AvgIpc) is 3.37. The summed E-state index contributed by atoms with van der Waals surface area (Å²) in [6.07, 6.45) is 0. The summed E-state index contributed by atoms with van der Waals surface area (Å²) < 4.78 is 30.2. The summed E-state index contributed by atoms with van der Waals surface area (Å²) in [7, 11) is -4.03. The third-order valence-corrected chi connectivity index (χ3v) is 9.23. The molecule has 0 fully saturated rings. The van der Waals surface area contributed by atoms with Gasteiger partial charge in [0, 0.05) is 17.1 Å². The smallest absolute Gasteiger partial charge is 0.286 e. The first-order chi connectivity index (χ1) is 18.2. The summed E-state index contributed by atoms with van der Waals surface area (Å²) in [5.74, 6) is 0. The highest BCUT2D eigenvalue weighted by Crippen LogP contribution is 2.63. The number of nitrogens with zero attached hydrogens (tertiary/aromatic N) is 3. The third kappa shape index (κ3) is 2.81. The van der Waals surface area contributed by atoms with Crippen molar-refractivity contribution in [3.05, 3.63) is 140 Å². The molecule has 37 heavy (non-hydrogen) atoms. The standard InChI is InChI=1S/C31H23N3O2S/c35-37(36)30-23-13-12-22-29(30)34(26-18-8-3-9-19-26)31(37)32(24-14-4-1-5-15-24)27-20-10-11-21-28(27)33(31)25-16-6-2-7-17-25/h1-23H. The summed E-state index contributed by atoms with van der Waals surface area (Å²) in [5.41, 5.74) is 4.62. The van der Waals surface area contributed by atoms with E-state index in [1.165, 1.54) is 0 Å². The second-order valence-corrected chi connectivity index (χ2v) is 11.0. The fourth-order valence-corrected chi connectivity index (χ4v) is 7.96. The monoisotopic (exact) mass is 501 g/mol. The van der Waals surface area contributed by atoms with Crippen LogP contribution in [0.4, 0.5) is 34.1 Å². The largest absolute Gasteiger partial charge is 0.316 e. The summed E-state index contributed by atoms with van der Waals surface area (Å²) in [5, 5.41) is -1.66. The topological polar surface area (TPSA) is 43.9 Å². The van der Waals surface area contributed by atoms with E-state index in [1.54, 1.807) is 12.1 Å². The van der Waals surface area contributed by atoms with Gasteiger partial charge in [0.15, 0.2) is 0 Å². The van der Waals surface area contributed by atoms with Crippen molar-refractivity contribution in [3.8, 4) is 0 Å². The molecule has 0 amide bonds. The molecule has 2 aliphatic rings. The van der Waals surface area contributed by atoms with Crippen LogP contribution in [-0.2, 0) is 9.84 Å². The molecule has 0 N–H and O–H groups in total. The molecule has 6 heteroatoms. The lowest BCUT2D eigenvalue weighted by atomic mass is 10.2.